The number of carbonyl (C=O) groups excluding carboxylic acids is 1. The van der Waals surface area contributed by atoms with Crippen LogP contribution in [0.5, 0.6) is 0 Å². The van der Waals surface area contributed by atoms with Crippen LogP contribution in [0.4, 0.5) is 10.3 Å². The summed E-state index contributed by atoms with van der Waals surface area (Å²) in [4.78, 5) is 22.5. The number of aromatic nitrogens is 3. The molecule has 1 unspecified atom stereocenters. The number of allylic oxidation sites excluding steroid dienone is 9. The molecule has 0 aromatic carbocycles. The zero-order valence-corrected chi connectivity index (χ0v) is 30.2. The van der Waals surface area contributed by atoms with Gasteiger partial charge in [-0.3, -0.25) is 9.79 Å². The smallest absolute Gasteiger partial charge is 0.233 e. The van der Waals surface area contributed by atoms with E-state index in [9.17, 15) is 9.90 Å². The number of hydrogen-bond acceptors (Lipinski definition) is 6. The average Bonchev–Trinajstić information content (AvgIpc) is 3.70. The molecule has 3 aliphatic carbocycles. The maximum atomic E-state index is 16.0. The highest BCUT2D eigenvalue weighted by Gasteiger charge is 2.35. The number of carbonyl (C=O) groups is 1. The minimum atomic E-state index is -0.294. The summed E-state index contributed by atoms with van der Waals surface area (Å²) in [5, 5.41) is 16.6. The standard InChI is InChI=1S/C33H43FN6O.C7H14O/c1-5-13-26(30(34)20-19-25-15-11-12-18-28(25)32(35-7-3)37-23-41)21-29-24(4)39(27-16-9-8-10-17-27)33-36-22-38-40(33)31(29)14-6-2;1-7(2)5-3-4-6(7)8/h5,13,15,18,20,22-23,27H,1,4,6-12,14,16-17,19,21H2,2-3H3,(H,35,37,41);6,8H,3-5H2,1-2H3/b26-13-,30-20+;. The zero-order chi connectivity index (χ0) is 35.4. The van der Waals surface area contributed by atoms with Gasteiger partial charge in [0.15, 0.2) is 0 Å². The van der Waals surface area contributed by atoms with E-state index in [1.807, 2.05) is 11.6 Å². The number of aliphatic imine (C=N–C) groups is 1. The third kappa shape index (κ3) is 9.44. The first-order valence-electron chi connectivity index (χ1n) is 18.3. The van der Waals surface area contributed by atoms with Crippen molar-refractivity contribution in [3.05, 3.63) is 83.7 Å². The van der Waals surface area contributed by atoms with E-state index < -0.39 is 0 Å². The summed E-state index contributed by atoms with van der Waals surface area (Å²) in [7, 11) is 0. The molecule has 49 heavy (non-hydrogen) atoms. The van der Waals surface area contributed by atoms with Crippen LogP contribution in [-0.4, -0.2) is 50.8 Å². The minimum absolute atomic E-state index is 0.0394. The quantitative estimate of drug-likeness (QED) is 0.1000. The molecule has 2 fully saturated rings. The molecule has 0 bridgehead atoms. The minimum Gasteiger partial charge on any atom is -0.393 e. The van der Waals surface area contributed by atoms with Gasteiger partial charge in [0.25, 0.3) is 0 Å². The summed E-state index contributed by atoms with van der Waals surface area (Å²) in [5.74, 6) is 1.05. The molecule has 1 aromatic heterocycles. The second-order valence-electron chi connectivity index (χ2n) is 14.0. The van der Waals surface area contributed by atoms with Crippen molar-refractivity contribution in [2.24, 2.45) is 10.4 Å². The number of amidine groups is 1. The van der Waals surface area contributed by atoms with Gasteiger partial charge in [-0.1, -0.05) is 90.3 Å². The van der Waals surface area contributed by atoms with Gasteiger partial charge in [-0.25, -0.2) is 9.07 Å². The fourth-order valence-electron chi connectivity index (χ4n) is 7.36. The highest BCUT2D eigenvalue weighted by atomic mass is 19.1. The van der Waals surface area contributed by atoms with E-state index in [0.29, 0.717) is 43.2 Å². The van der Waals surface area contributed by atoms with Crippen LogP contribution < -0.4 is 10.2 Å². The molecule has 1 amide bonds. The Morgan fingerprint density at radius 3 is 2.53 bits per heavy atom. The van der Waals surface area contributed by atoms with Gasteiger partial charge in [-0.05, 0) is 80.9 Å². The topological polar surface area (TPSA) is 95.6 Å². The van der Waals surface area contributed by atoms with Crippen molar-refractivity contribution in [2.45, 2.75) is 130 Å². The van der Waals surface area contributed by atoms with Crippen molar-refractivity contribution in [2.75, 3.05) is 11.4 Å². The van der Waals surface area contributed by atoms with Gasteiger partial charge in [0.2, 0.25) is 12.4 Å². The molecule has 1 aliphatic heterocycles. The van der Waals surface area contributed by atoms with Crippen LogP contribution in [0.1, 0.15) is 118 Å². The largest absolute Gasteiger partial charge is 0.393 e. The summed E-state index contributed by atoms with van der Waals surface area (Å²) >= 11 is 0. The van der Waals surface area contributed by atoms with Crippen LogP contribution in [0.15, 0.2) is 88.7 Å². The number of hydrogen-bond donors (Lipinski definition) is 2. The molecule has 8 nitrogen and oxygen atoms in total. The molecule has 5 rings (SSSR count). The maximum Gasteiger partial charge on any atom is 0.233 e. The van der Waals surface area contributed by atoms with E-state index in [4.69, 9.17) is 0 Å². The van der Waals surface area contributed by atoms with Crippen LogP contribution in [0.2, 0.25) is 0 Å². The predicted molar refractivity (Wildman–Crippen MR) is 200 cm³/mol. The van der Waals surface area contributed by atoms with Gasteiger partial charge >= 0.3 is 0 Å². The lowest BCUT2D eigenvalue weighted by molar-refractivity contribution is -0.108. The van der Waals surface area contributed by atoms with Gasteiger partial charge in [0.05, 0.1) is 11.8 Å². The third-order valence-corrected chi connectivity index (χ3v) is 10.1. The number of amides is 1. The van der Waals surface area contributed by atoms with Crippen molar-refractivity contribution in [1.82, 2.24) is 20.1 Å². The van der Waals surface area contributed by atoms with E-state index in [2.05, 4.69) is 71.4 Å². The lowest BCUT2D eigenvalue weighted by atomic mass is 9.90. The molecule has 0 saturated heterocycles. The summed E-state index contributed by atoms with van der Waals surface area (Å²) in [6, 6.07) is 0.312. The molecule has 0 spiro atoms. The lowest BCUT2D eigenvalue weighted by Gasteiger charge is -2.40. The van der Waals surface area contributed by atoms with Crippen molar-refractivity contribution in [3.8, 4) is 0 Å². The number of fused-ring (bicyclic) bond motifs is 1. The monoisotopic (exact) mass is 672 g/mol. The summed E-state index contributed by atoms with van der Waals surface area (Å²) in [6.45, 7) is 17.3. The van der Waals surface area contributed by atoms with E-state index >= 15 is 4.39 Å². The number of nitrogens with zero attached hydrogens (tertiary/aromatic N) is 5. The molecule has 2 N–H and O–H groups in total. The van der Waals surface area contributed by atoms with Gasteiger partial charge in [-0.2, -0.15) is 10.1 Å². The summed E-state index contributed by atoms with van der Waals surface area (Å²) in [5.41, 5.74) is 5.49. The third-order valence-electron chi connectivity index (χ3n) is 10.1. The van der Waals surface area contributed by atoms with Crippen molar-refractivity contribution < 1.29 is 14.3 Å². The number of aliphatic hydroxyl groups is 1. The Morgan fingerprint density at radius 2 is 1.92 bits per heavy atom. The van der Waals surface area contributed by atoms with Crippen molar-refractivity contribution >= 4 is 23.9 Å². The van der Waals surface area contributed by atoms with Crippen LogP contribution in [0, 0.1) is 5.41 Å². The first-order valence-corrected chi connectivity index (χ1v) is 18.3. The highest BCUT2D eigenvalue weighted by Crippen LogP contribution is 2.42. The molecule has 1 aromatic rings. The number of halogens is 1. The SMILES string of the molecule is C=C/C=C(CC1=C(CCC)n2ncnc2N(C2CCCCC2)C1=C)\C(F)=C/CC1=CCCC=C1C(=NCC)NC=O.CC1(C)CCCC1O. The molecule has 0 radical (unpaired) electrons. The van der Waals surface area contributed by atoms with Crippen LogP contribution in [0.25, 0.3) is 5.70 Å². The average molecular weight is 673 g/mol. The Bertz CT molecular complexity index is 1520. The second kappa shape index (κ2) is 18.2. The second-order valence-corrected chi connectivity index (χ2v) is 14.0. The van der Waals surface area contributed by atoms with E-state index in [-0.39, 0.29) is 17.3 Å². The molecular formula is C40H57FN6O2. The fraction of sp³-hybridized carbons (Fsp3) is 0.550. The fourth-order valence-corrected chi connectivity index (χ4v) is 7.36. The number of aliphatic hydroxyl groups excluding tert-OH is 1. The summed E-state index contributed by atoms with van der Waals surface area (Å²) < 4.78 is 18.0. The zero-order valence-electron chi connectivity index (χ0n) is 30.2. The molecule has 266 valence electrons. The Kier molecular flexibility index (Phi) is 14.1. The molecule has 2 heterocycles. The van der Waals surface area contributed by atoms with Gasteiger partial charge < -0.3 is 15.3 Å². The summed E-state index contributed by atoms with van der Waals surface area (Å²) in [6.07, 6.45) is 24.8. The lowest BCUT2D eigenvalue weighted by Crippen LogP contribution is -2.40. The maximum absolute atomic E-state index is 16.0. The first-order chi connectivity index (χ1) is 23.7. The van der Waals surface area contributed by atoms with E-state index in [1.165, 1.54) is 32.1 Å². The number of rotatable bonds is 12. The Morgan fingerprint density at radius 1 is 1.16 bits per heavy atom. The molecule has 4 aliphatic rings. The number of nitrogens with one attached hydrogen (secondary N) is 1. The van der Waals surface area contributed by atoms with E-state index in [1.54, 1.807) is 24.6 Å². The Balaban J connectivity index is 0.000000592. The molecular weight excluding hydrogens is 615 g/mol. The first kappa shape index (κ1) is 38.0. The normalized spacial score (nSPS) is 21.8. The van der Waals surface area contributed by atoms with Gasteiger partial charge in [-0.15, -0.1) is 0 Å². The van der Waals surface area contributed by atoms with Crippen molar-refractivity contribution in [3.63, 3.8) is 0 Å². The Hall–Kier alpha value is -3.85. The predicted octanol–water partition coefficient (Wildman–Crippen LogP) is 9.07. The number of anilines is 1. The van der Waals surface area contributed by atoms with E-state index in [0.717, 1.165) is 79.0 Å². The van der Waals surface area contributed by atoms with Crippen LogP contribution in [0.3, 0.4) is 0 Å². The van der Waals surface area contributed by atoms with Crippen molar-refractivity contribution in [1.29, 1.82) is 0 Å². The molecule has 2 saturated carbocycles. The van der Waals surface area contributed by atoms with Gasteiger partial charge in [0, 0.05) is 35.9 Å². The molecule has 9 heteroatoms. The van der Waals surface area contributed by atoms with Crippen LogP contribution in [-0.2, 0) is 4.79 Å². The highest BCUT2D eigenvalue weighted by molar-refractivity contribution is 6.06. The van der Waals surface area contributed by atoms with Crippen LogP contribution >= 0.6 is 0 Å². The Labute approximate surface area is 293 Å². The molecule has 1 atom stereocenters. The van der Waals surface area contributed by atoms with Gasteiger partial charge in [0.1, 0.15) is 18.0 Å².